The second-order valence-electron chi connectivity index (χ2n) is 20.5. The quantitative estimate of drug-likeness (QED) is 0.189. The van der Waals surface area contributed by atoms with Crippen LogP contribution in [0.3, 0.4) is 0 Å². The van der Waals surface area contributed by atoms with E-state index in [1.54, 1.807) is 0 Å². The van der Waals surface area contributed by atoms with E-state index in [0.29, 0.717) is 38.5 Å². The number of hydrogen-bond acceptors (Lipinski definition) is 6. The maximum Gasteiger partial charge on any atom is 0.298 e. The van der Waals surface area contributed by atoms with Crippen LogP contribution < -0.4 is 0 Å². The van der Waals surface area contributed by atoms with Crippen molar-refractivity contribution in [1.82, 2.24) is 0 Å². The van der Waals surface area contributed by atoms with Crippen molar-refractivity contribution in [3.8, 4) is 0 Å². The zero-order chi connectivity index (χ0) is 33.3. The van der Waals surface area contributed by atoms with E-state index in [2.05, 4.69) is 98.2 Å². The van der Waals surface area contributed by atoms with Crippen molar-refractivity contribution >= 4 is 67.1 Å². The average molecular weight is 701 g/mol. The number of rotatable bonds is 12. The fraction of sp³-hybridized carbons (Fsp3) is 0.903. The molecule has 0 radical (unpaired) electrons. The Hall–Kier alpha value is -0.289. The molecule has 0 atom stereocenters. The van der Waals surface area contributed by atoms with Crippen LogP contribution in [-0.2, 0) is 27.7 Å². The van der Waals surface area contributed by atoms with Crippen molar-refractivity contribution in [2.45, 2.75) is 154 Å². The highest BCUT2D eigenvalue weighted by atomic mass is 28.4. The molecule has 0 heterocycles. The van der Waals surface area contributed by atoms with Crippen molar-refractivity contribution in [2.24, 2.45) is 22.2 Å². The Labute approximate surface area is 269 Å². The first kappa shape index (κ1) is 37.2. The molecule has 12 heteroatoms. The van der Waals surface area contributed by atoms with E-state index in [1.165, 1.54) is 0 Å². The lowest BCUT2D eigenvalue weighted by molar-refractivity contribution is -0.206. The number of hydrogen-bond donors (Lipinski definition) is 0. The van der Waals surface area contributed by atoms with Gasteiger partial charge in [0.05, 0.1) is 16.2 Å². The zero-order valence-electron chi connectivity index (χ0n) is 30.4. The van der Waals surface area contributed by atoms with Gasteiger partial charge in [-0.3, -0.25) is 14.4 Å². The Balaban J connectivity index is 2.03. The fourth-order valence-corrected chi connectivity index (χ4v) is 43.8. The fourth-order valence-electron chi connectivity index (χ4n) is 10.1. The van der Waals surface area contributed by atoms with Gasteiger partial charge in [-0.25, -0.2) is 0 Å². The lowest BCUT2D eigenvalue weighted by Gasteiger charge is -2.64. The summed E-state index contributed by atoms with van der Waals surface area (Å²) in [6.45, 7) is 33.9. The van der Waals surface area contributed by atoms with E-state index in [0.717, 1.165) is 17.0 Å². The molecule has 6 nitrogen and oxygen atoms in total. The number of carbonyl (C=O) groups excluding carboxylic acids is 3. The van der Waals surface area contributed by atoms with Gasteiger partial charge in [-0.15, -0.1) is 0 Å². The summed E-state index contributed by atoms with van der Waals surface area (Å²) in [5.74, 6) is -0.344. The summed E-state index contributed by atoms with van der Waals surface area (Å²) in [5.41, 5.74) is 0.526. The van der Waals surface area contributed by atoms with Gasteiger partial charge in [-0.1, -0.05) is 58.9 Å². The molecule has 4 fully saturated rings. The molecule has 0 N–H and O–H groups in total. The van der Waals surface area contributed by atoms with E-state index in [9.17, 15) is 14.4 Å². The Bertz CT molecular complexity index is 967. The van der Waals surface area contributed by atoms with Crippen LogP contribution in [0.15, 0.2) is 0 Å². The minimum absolute atomic E-state index is 0.120. The van der Waals surface area contributed by atoms with E-state index >= 15 is 0 Å². The monoisotopic (exact) mass is 700 g/mol. The van der Waals surface area contributed by atoms with E-state index in [1.807, 2.05) is 0 Å². The summed E-state index contributed by atoms with van der Waals surface area (Å²) in [5, 5.41) is 0. The van der Waals surface area contributed by atoms with Crippen LogP contribution in [0.4, 0.5) is 0 Å². The molecular weight excluding hydrogens is 637 g/mol. The standard InChI is InChI=1S/C31H64O6Si6/c1-38(2,3)22-41(10,11)35-26(32)29-16-25-17-30(19-29,27(33)36-42(12,13)23-39(4,5)6)21-31(18-25,20-29)28(34)37-43(14,15)24-40(7,8)9/h25H,16-24H2,1-15H3. The van der Waals surface area contributed by atoms with Gasteiger partial charge < -0.3 is 13.3 Å². The first-order valence-electron chi connectivity index (χ1n) is 16.6. The number of carbonyl (C=O) groups is 3. The van der Waals surface area contributed by atoms with Crippen molar-refractivity contribution in [1.29, 1.82) is 0 Å². The molecule has 43 heavy (non-hydrogen) atoms. The van der Waals surface area contributed by atoms with Gasteiger partial charge >= 0.3 is 0 Å². The first-order valence-corrected chi connectivity index (χ1v) is 37.1. The molecule has 0 saturated heterocycles. The predicted octanol–water partition coefficient (Wildman–Crippen LogP) is 8.82. The van der Waals surface area contributed by atoms with Crippen molar-refractivity contribution in [2.75, 3.05) is 0 Å². The molecule has 0 aromatic heterocycles. The van der Waals surface area contributed by atoms with Gasteiger partial charge in [-0.05, 0) is 101 Å². The van der Waals surface area contributed by atoms with Crippen LogP contribution in [0.5, 0.6) is 0 Å². The van der Waals surface area contributed by atoms with Crippen molar-refractivity contribution < 1.29 is 27.7 Å². The normalized spacial score (nSPS) is 29.8. The summed E-state index contributed by atoms with van der Waals surface area (Å²) in [7, 11) is -11.2. The average Bonchev–Trinajstić information content (AvgIpc) is 2.65. The minimum Gasteiger partial charge on any atom is -0.519 e. The van der Waals surface area contributed by atoms with E-state index in [4.69, 9.17) is 13.3 Å². The van der Waals surface area contributed by atoms with Gasteiger partial charge in [0.15, 0.2) is 0 Å². The lowest BCUT2D eigenvalue weighted by Crippen LogP contribution is -2.66. The highest BCUT2D eigenvalue weighted by Gasteiger charge is 2.72. The molecule has 4 saturated carbocycles. The maximum atomic E-state index is 14.4. The molecule has 0 spiro atoms. The molecule has 4 bridgehead atoms. The van der Waals surface area contributed by atoms with E-state index in [-0.39, 0.29) is 23.8 Å². The van der Waals surface area contributed by atoms with Gasteiger partial charge in [0.25, 0.3) is 17.9 Å². The van der Waals surface area contributed by atoms with Gasteiger partial charge in [-0.2, -0.15) is 0 Å². The van der Waals surface area contributed by atoms with Gasteiger partial charge in [0.2, 0.25) is 25.0 Å². The summed E-state index contributed by atoms with van der Waals surface area (Å²) in [6.07, 6.45) is 3.48. The Morgan fingerprint density at radius 3 is 0.860 bits per heavy atom. The topological polar surface area (TPSA) is 78.9 Å². The minimum atomic E-state index is -2.28. The Morgan fingerprint density at radius 1 is 0.465 bits per heavy atom. The Morgan fingerprint density at radius 2 is 0.674 bits per heavy atom. The molecule has 0 aromatic rings. The summed E-state index contributed by atoms with van der Waals surface area (Å²) < 4.78 is 19.6. The smallest absolute Gasteiger partial charge is 0.298 e. The molecule has 248 valence electrons. The highest BCUT2D eigenvalue weighted by molar-refractivity contribution is 6.93. The molecular formula is C31H64O6Si6. The molecule has 0 amide bonds. The largest absolute Gasteiger partial charge is 0.519 e. The third-order valence-corrected chi connectivity index (χ3v) is 34.5. The van der Waals surface area contributed by atoms with Crippen LogP contribution in [0.2, 0.25) is 115 Å². The molecule has 4 rings (SSSR count). The molecule has 0 aromatic carbocycles. The highest BCUT2D eigenvalue weighted by Crippen LogP contribution is 2.71. The molecule has 0 aliphatic heterocycles. The third kappa shape index (κ3) is 9.39. The van der Waals surface area contributed by atoms with Gasteiger partial charge in [0.1, 0.15) is 0 Å². The van der Waals surface area contributed by atoms with Crippen LogP contribution in [0.1, 0.15) is 38.5 Å². The molecule has 4 aliphatic carbocycles. The van der Waals surface area contributed by atoms with Crippen LogP contribution in [0.25, 0.3) is 0 Å². The summed E-state index contributed by atoms with van der Waals surface area (Å²) >= 11 is 0. The summed E-state index contributed by atoms with van der Waals surface area (Å²) in [6, 6.07) is 0. The SMILES string of the molecule is C[Si](C)(C)C[Si](C)(C)OC(=O)C12CC3CC(C(=O)O[Si](C)(C)C[Si](C)(C)C)(C1)CC(C(=O)O[Si](C)(C)C[Si](C)(C)C)(C3)C2. The lowest BCUT2D eigenvalue weighted by atomic mass is 9.39. The second kappa shape index (κ2) is 11.4. The Kier molecular flexibility index (Phi) is 9.90. The van der Waals surface area contributed by atoms with Crippen LogP contribution in [-0.4, -0.2) is 67.1 Å². The van der Waals surface area contributed by atoms with Crippen molar-refractivity contribution in [3.63, 3.8) is 0 Å². The van der Waals surface area contributed by atoms with Crippen molar-refractivity contribution in [3.05, 3.63) is 0 Å². The predicted molar refractivity (Wildman–Crippen MR) is 194 cm³/mol. The second-order valence-corrected chi connectivity index (χ2v) is 51.3. The zero-order valence-corrected chi connectivity index (χ0v) is 36.4. The third-order valence-electron chi connectivity index (χ3n) is 9.34. The molecule has 0 unspecified atom stereocenters. The molecule has 4 aliphatic rings. The first-order chi connectivity index (χ1) is 18.9. The van der Waals surface area contributed by atoms with Crippen LogP contribution in [0, 0.1) is 22.2 Å². The van der Waals surface area contributed by atoms with E-state index < -0.39 is 65.4 Å². The van der Waals surface area contributed by atoms with Gasteiger partial charge in [0, 0.05) is 24.2 Å². The summed E-state index contributed by atoms with van der Waals surface area (Å²) in [4.78, 5) is 43.3. The van der Waals surface area contributed by atoms with Crippen LogP contribution >= 0.6 is 0 Å². The maximum absolute atomic E-state index is 14.4.